The fraction of sp³-hybridized carbons (Fsp3) is 0.571. The molecule has 0 heterocycles. The highest BCUT2D eigenvalue weighted by Crippen LogP contribution is 2.26. The molecule has 2 rings (SSSR count). The van der Waals surface area contributed by atoms with Crippen LogP contribution in [-0.2, 0) is 10.0 Å². The molecule has 18 heavy (non-hydrogen) atoms. The Morgan fingerprint density at radius 3 is 2.22 bits per heavy atom. The zero-order valence-corrected chi connectivity index (χ0v) is 12.0. The zero-order valence-electron chi connectivity index (χ0n) is 11.2. The van der Waals surface area contributed by atoms with Crippen LogP contribution >= 0.6 is 0 Å². The highest BCUT2D eigenvalue weighted by atomic mass is 32.2. The van der Waals surface area contributed by atoms with Gasteiger partial charge < -0.3 is 0 Å². The summed E-state index contributed by atoms with van der Waals surface area (Å²) in [5.74, 6) is 0.622. The third-order valence-corrected chi connectivity index (χ3v) is 5.02. The number of sulfonamides is 1. The van der Waals surface area contributed by atoms with E-state index in [9.17, 15) is 8.42 Å². The van der Waals surface area contributed by atoms with E-state index in [1.54, 1.807) is 12.1 Å². The van der Waals surface area contributed by atoms with Crippen LogP contribution < -0.4 is 4.72 Å². The maximum absolute atomic E-state index is 12.3. The Balaban J connectivity index is 2.20. The molecule has 1 aliphatic carbocycles. The van der Waals surface area contributed by atoms with Gasteiger partial charge in [0.15, 0.2) is 0 Å². The van der Waals surface area contributed by atoms with Gasteiger partial charge in [-0.25, -0.2) is 13.1 Å². The van der Waals surface area contributed by atoms with Gasteiger partial charge in [0.05, 0.1) is 4.90 Å². The maximum atomic E-state index is 12.3. The van der Waals surface area contributed by atoms with Gasteiger partial charge in [-0.1, -0.05) is 13.0 Å². The van der Waals surface area contributed by atoms with E-state index < -0.39 is 10.0 Å². The summed E-state index contributed by atoms with van der Waals surface area (Å²) >= 11 is 0. The molecule has 2 unspecified atom stereocenters. The molecule has 3 nitrogen and oxygen atoms in total. The molecule has 2 atom stereocenters. The fourth-order valence-corrected chi connectivity index (χ4v) is 4.16. The average Bonchev–Trinajstić information content (AvgIpc) is 2.61. The van der Waals surface area contributed by atoms with Crippen LogP contribution in [0.3, 0.4) is 0 Å². The topological polar surface area (TPSA) is 46.2 Å². The number of aryl methyl sites for hydroxylation is 2. The summed E-state index contributed by atoms with van der Waals surface area (Å²) in [7, 11) is -3.36. The van der Waals surface area contributed by atoms with Crippen LogP contribution in [0.15, 0.2) is 23.1 Å². The van der Waals surface area contributed by atoms with Gasteiger partial charge in [-0.05, 0) is 62.3 Å². The third kappa shape index (κ3) is 3.12. The van der Waals surface area contributed by atoms with Crippen LogP contribution in [0.5, 0.6) is 0 Å². The van der Waals surface area contributed by atoms with Crippen molar-refractivity contribution < 1.29 is 8.42 Å². The van der Waals surface area contributed by atoms with E-state index in [0.717, 1.165) is 30.4 Å². The first-order valence-electron chi connectivity index (χ1n) is 6.47. The Hall–Kier alpha value is -0.870. The lowest BCUT2D eigenvalue weighted by Crippen LogP contribution is -2.33. The third-order valence-electron chi connectivity index (χ3n) is 3.52. The SMILES string of the molecule is Cc1cc(C)cc(S(=O)(=O)NC2CCC(C)C2)c1. The van der Waals surface area contributed by atoms with Crippen molar-refractivity contribution in [2.75, 3.05) is 0 Å². The van der Waals surface area contributed by atoms with E-state index in [0.29, 0.717) is 10.8 Å². The lowest BCUT2D eigenvalue weighted by atomic mass is 10.1. The van der Waals surface area contributed by atoms with Gasteiger partial charge in [0.2, 0.25) is 10.0 Å². The molecular formula is C14H21NO2S. The molecular weight excluding hydrogens is 246 g/mol. The number of nitrogens with one attached hydrogen (secondary N) is 1. The van der Waals surface area contributed by atoms with E-state index in [1.807, 2.05) is 19.9 Å². The number of rotatable bonds is 3. The quantitative estimate of drug-likeness (QED) is 0.915. The van der Waals surface area contributed by atoms with E-state index in [4.69, 9.17) is 0 Å². The van der Waals surface area contributed by atoms with Crippen molar-refractivity contribution in [1.82, 2.24) is 4.72 Å². The van der Waals surface area contributed by atoms with Gasteiger partial charge in [-0.3, -0.25) is 0 Å². The van der Waals surface area contributed by atoms with Crippen LogP contribution in [0.2, 0.25) is 0 Å². The van der Waals surface area contributed by atoms with Gasteiger partial charge in [-0.2, -0.15) is 0 Å². The molecule has 0 aliphatic heterocycles. The Bertz CT molecular complexity index is 516. The fourth-order valence-electron chi connectivity index (χ4n) is 2.69. The molecule has 0 aromatic heterocycles. The Morgan fingerprint density at radius 1 is 1.11 bits per heavy atom. The first-order chi connectivity index (χ1) is 8.37. The summed E-state index contributed by atoms with van der Waals surface area (Å²) in [5, 5.41) is 0. The molecule has 100 valence electrons. The lowest BCUT2D eigenvalue weighted by molar-refractivity contribution is 0.538. The molecule has 1 N–H and O–H groups in total. The van der Waals surface area contributed by atoms with E-state index in [1.165, 1.54) is 0 Å². The van der Waals surface area contributed by atoms with Gasteiger partial charge in [-0.15, -0.1) is 0 Å². The minimum atomic E-state index is -3.36. The highest BCUT2D eigenvalue weighted by molar-refractivity contribution is 7.89. The van der Waals surface area contributed by atoms with Gasteiger partial charge in [0.25, 0.3) is 0 Å². The van der Waals surface area contributed by atoms with Crippen molar-refractivity contribution in [3.8, 4) is 0 Å². The van der Waals surface area contributed by atoms with Crippen LogP contribution in [0.25, 0.3) is 0 Å². The molecule has 4 heteroatoms. The summed E-state index contributed by atoms with van der Waals surface area (Å²) in [5.41, 5.74) is 1.96. The molecule has 0 spiro atoms. The first kappa shape index (κ1) is 13.6. The van der Waals surface area contributed by atoms with Crippen LogP contribution in [0.4, 0.5) is 0 Å². The number of hydrogen-bond acceptors (Lipinski definition) is 2. The average molecular weight is 267 g/mol. The van der Waals surface area contributed by atoms with Crippen molar-refractivity contribution in [2.24, 2.45) is 5.92 Å². The molecule has 0 saturated heterocycles. The molecule has 1 aromatic carbocycles. The Morgan fingerprint density at radius 2 is 1.72 bits per heavy atom. The van der Waals surface area contributed by atoms with Crippen molar-refractivity contribution in [1.29, 1.82) is 0 Å². The Labute approximate surface area is 110 Å². The molecule has 0 amide bonds. The van der Waals surface area contributed by atoms with E-state index >= 15 is 0 Å². The lowest BCUT2D eigenvalue weighted by Gasteiger charge is -2.14. The van der Waals surface area contributed by atoms with E-state index in [-0.39, 0.29) is 6.04 Å². The second kappa shape index (κ2) is 5.02. The summed E-state index contributed by atoms with van der Waals surface area (Å²) in [6, 6.07) is 5.55. The summed E-state index contributed by atoms with van der Waals surface area (Å²) in [4.78, 5) is 0.388. The second-order valence-electron chi connectivity index (χ2n) is 5.56. The van der Waals surface area contributed by atoms with Crippen LogP contribution in [0.1, 0.15) is 37.3 Å². The van der Waals surface area contributed by atoms with Crippen molar-refractivity contribution >= 4 is 10.0 Å². The maximum Gasteiger partial charge on any atom is 0.240 e. The van der Waals surface area contributed by atoms with Gasteiger partial charge in [0.1, 0.15) is 0 Å². The summed E-state index contributed by atoms with van der Waals surface area (Å²) < 4.78 is 27.4. The first-order valence-corrected chi connectivity index (χ1v) is 7.96. The van der Waals surface area contributed by atoms with Crippen LogP contribution in [0, 0.1) is 19.8 Å². The van der Waals surface area contributed by atoms with Crippen LogP contribution in [-0.4, -0.2) is 14.5 Å². The molecule has 0 bridgehead atoms. The molecule has 0 radical (unpaired) electrons. The molecule has 1 saturated carbocycles. The molecule has 1 aromatic rings. The zero-order chi connectivity index (χ0) is 13.3. The number of benzene rings is 1. The predicted octanol–water partition coefficient (Wildman–Crippen LogP) is 2.77. The normalized spacial score (nSPS) is 24.4. The van der Waals surface area contributed by atoms with Crippen molar-refractivity contribution in [3.05, 3.63) is 29.3 Å². The van der Waals surface area contributed by atoms with Gasteiger partial charge >= 0.3 is 0 Å². The summed E-state index contributed by atoms with van der Waals surface area (Å²) in [6.45, 7) is 6.01. The minimum Gasteiger partial charge on any atom is -0.208 e. The predicted molar refractivity (Wildman–Crippen MR) is 73.0 cm³/mol. The molecule has 1 fully saturated rings. The smallest absolute Gasteiger partial charge is 0.208 e. The molecule has 1 aliphatic rings. The van der Waals surface area contributed by atoms with Crippen molar-refractivity contribution in [2.45, 2.75) is 51.0 Å². The standard InChI is InChI=1S/C14H21NO2S/c1-10-4-5-13(7-10)15-18(16,17)14-8-11(2)6-12(3)9-14/h6,8-10,13,15H,4-5,7H2,1-3H3. The summed E-state index contributed by atoms with van der Waals surface area (Å²) in [6.07, 6.45) is 3.01. The monoisotopic (exact) mass is 267 g/mol. The largest absolute Gasteiger partial charge is 0.240 e. The number of hydrogen-bond donors (Lipinski definition) is 1. The Kier molecular flexibility index (Phi) is 3.78. The van der Waals surface area contributed by atoms with Crippen molar-refractivity contribution in [3.63, 3.8) is 0 Å². The highest BCUT2D eigenvalue weighted by Gasteiger charge is 2.26. The van der Waals surface area contributed by atoms with Gasteiger partial charge in [0, 0.05) is 6.04 Å². The minimum absolute atomic E-state index is 0.103. The second-order valence-corrected chi connectivity index (χ2v) is 7.27. The van der Waals surface area contributed by atoms with E-state index in [2.05, 4.69) is 11.6 Å².